The number of rotatable bonds is 9. The molecule has 0 spiro atoms. The van der Waals surface area contributed by atoms with Gasteiger partial charge >= 0.3 is 0 Å². The van der Waals surface area contributed by atoms with Crippen LogP contribution in [0, 0.1) is 6.92 Å². The number of nitrogens with zero attached hydrogens (tertiary/aromatic N) is 1. The Kier molecular flexibility index (Phi) is 11.4. The van der Waals surface area contributed by atoms with Crippen LogP contribution in [0.25, 0.3) is 0 Å². The van der Waals surface area contributed by atoms with Gasteiger partial charge in [0.1, 0.15) is 12.4 Å². The molecule has 0 aromatic heterocycles. The number of hydrogen-bond donors (Lipinski definition) is 2. The Labute approximate surface area is 207 Å². The fraction of sp³-hybridized carbons (Fsp3) is 0.458. The maximum atomic E-state index is 5.91. The second-order valence-electron chi connectivity index (χ2n) is 7.30. The molecule has 8 heteroatoms. The molecule has 0 aliphatic carbocycles. The van der Waals surface area contributed by atoms with Crippen LogP contribution in [0.15, 0.2) is 41.4 Å². The van der Waals surface area contributed by atoms with Gasteiger partial charge in [-0.3, -0.25) is 0 Å². The van der Waals surface area contributed by atoms with Gasteiger partial charge in [0.25, 0.3) is 0 Å². The van der Waals surface area contributed by atoms with Gasteiger partial charge in [-0.15, -0.1) is 24.0 Å². The lowest BCUT2D eigenvalue weighted by Gasteiger charge is -2.16. The molecule has 7 nitrogen and oxygen atoms in total. The molecule has 0 unspecified atom stereocenters. The smallest absolute Gasteiger partial charge is 0.191 e. The molecule has 32 heavy (non-hydrogen) atoms. The number of aryl methyl sites for hydroxylation is 1. The third kappa shape index (κ3) is 7.74. The summed E-state index contributed by atoms with van der Waals surface area (Å²) in [6.07, 6.45) is 0.882. The molecule has 0 amide bonds. The first-order valence-electron chi connectivity index (χ1n) is 10.8. The summed E-state index contributed by atoms with van der Waals surface area (Å²) in [7, 11) is 1.67. The van der Waals surface area contributed by atoms with Gasteiger partial charge in [-0.05, 0) is 31.5 Å². The lowest BCUT2D eigenvalue weighted by atomic mass is 10.1. The van der Waals surface area contributed by atoms with E-state index in [2.05, 4.69) is 29.7 Å². The first-order chi connectivity index (χ1) is 15.2. The van der Waals surface area contributed by atoms with Crippen LogP contribution in [-0.4, -0.2) is 46.0 Å². The highest BCUT2D eigenvalue weighted by molar-refractivity contribution is 14.0. The molecule has 0 atom stereocenters. The first-order valence-corrected chi connectivity index (χ1v) is 10.8. The largest absolute Gasteiger partial charge is 0.491 e. The molecule has 0 saturated heterocycles. The number of benzene rings is 2. The van der Waals surface area contributed by atoms with Gasteiger partial charge in [0, 0.05) is 37.7 Å². The summed E-state index contributed by atoms with van der Waals surface area (Å²) in [6.45, 7) is 8.37. The number of fused-ring (bicyclic) bond motifs is 1. The summed E-state index contributed by atoms with van der Waals surface area (Å²) in [5.41, 5.74) is 3.23. The predicted molar refractivity (Wildman–Crippen MR) is 138 cm³/mol. The zero-order valence-electron chi connectivity index (χ0n) is 19.1. The predicted octanol–water partition coefficient (Wildman–Crippen LogP) is 4.05. The molecular weight excluding hydrogens is 521 g/mol. The van der Waals surface area contributed by atoms with E-state index >= 15 is 0 Å². The van der Waals surface area contributed by atoms with Gasteiger partial charge in [0.2, 0.25) is 0 Å². The molecule has 0 saturated carbocycles. The van der Waals surface area contributed by atoms with E-state index < -0.39 is 0 Å². The van der Waals surface area contributed by atoms with E-state index in [9.17, 15) is 0 Å². The minimum absolute atomic E-state index is 0. The van der Waals surface area contributed by atoms with Crippen molar-refractivity contribution >= 4 is 29.9 Å². The maximum absolute atomic E-state index is 5.91. The van der Waals surface area contributed by atoms with Crippen LogP contribution in [0.1, 0.15) is 30.0 Å². The maximum Gasteiger partial charge on any atom is 0.191 e. The highest BCUT2D eigenvalue weighted by Crippen LogP contribution is 2.33. The highest BCUT2D eigenvalue weighted by Gasteiger charge is 2.14. The topological polar surface area (TPSA) is 73.3 Å². The summed E-state index contributed by atoms with van der Waals surface area (Å²) in [5, 5.41) is 6.71. The van der Waals surface area contributed by atoms with E-state index in [1.165, 1.54) is 0 Å². The van der Waals surface area contributed by atoms with Crippen molar-refractivity contribution in [2.75, 3.05) is 40.1 Å². The Morgan fingerprint density at radius 1 is 1.06 bits per heavy atom. The molecule has 2 N–H and O–H groups in total. The summed E-state index contributed by atoms with van der Waals surface area (Å²) >= 11 is 0. The Morgan fingerprint density at radius 3 is 2.72 bits per heavy atom. The molecule has 1 aliphatic rings. The number of ether oxygens (including phenoxy) is 4. The molecule has 1 heterocycles. The van der Waals surface area contributed by atoms with E-state index in [4.69, 9.17) is 23.9 Å². The summed E-state index contributed by atoms with van der Waals surface area (Å²) in [4.78, 5) is 4.76. The molecule has 0 radical (unpaired) electrons. The van der Waals surface area contributed by atoms with E-state index in [1.54, 1.807) is 7.11 Å². The van der Waals surface area contributed by atoms with Crippen molar-refractivity contribution in [2.24, 2.45) is 4.99 Å². The average molecular weight is 555 g/mol. The quantitative estimate of drug-likeness (QED) is 0.211. The fourth-order valence-electron chi connectivity index (χ4n) is 3.24. The van der Waals surface area contributed by atoms with Gasteiger partial charge in [-0.1, -0.05) is 24.3 Å². The second-order valence-corrected chi connectivity index (χ2v) is 7.30. The molecule has 1 aliphatic heterocycles. The van der Waals surface area contributed by atoms with Crippen LogP contribution in [0.2, 0.25) is 0 Å². The minimum Gasteiger partial charge on any atom is -0.491 e. The number of methoxy groups -OCH3 is 1. The lowest BCUT2D eigenvalue weighted by Crippen LogP contribution is -2.36. The number of hydrogen-bond acceptors (Lipinski definition) is 5. The number of para-hydroxylation sites is 1. The van der Waals surface area contributed by atoms with Crippen LogP contribution in [0.5, 0.6) is 17.2 Å². The first kappa shape index (κ1) is 26.1. The van der Waals surface area contributed by atoms with Gasteiger partial charge in [0.15, 0.2) is 17.5 Å². The summed E-state index contributed by atoms with van der Waals surface area (Å²) in [5.74, 6) is 3.19. The SMILES string of the molecule is CCNC(=NCc1cccc2c1OCCCO2)NCc1ccc(C)cc1OCCOC.I. The van der Waals surface area contributed by atoms with E-state index in [0.717, 1.165) is 52.9 Å². The van der Waals surface area contributed by atoms with Gasteiger partial charge in [-0.2, -0.15) is 0 Å². The molecule has 2 aromatic carbocycles. The number of nitrogens with one attached hydrogen (secondary N) is 2. The van der Waals surface area contributed by atoms with Crippen molar-refractivity contribution in [3.63, 3.8) is 0 Å². The highest BCUT2D eigenvalue weighted by atomic mass is 127. The number of halogens is 1. The van der Waals surface area contributed by atoms with Crippen molar-refractivity contribution < 1.29 is 18.9 Å². The zero-order chi connectivity index (χ0) is 21.9. The normalized spacial score (nSPS) is 13.0. The second kappa shape index (κ2) is 14.1. The molecule has 0 bridgehead atoms. The van der Waals surface area contributed by atoms with Crippen LogP contribution in [0.4, 0.5) is 0 Å². The lowest BCUT2D eigenvalue weighted by molar-refractivity contribution is 0.145. The van der Waals surface area contributed by atoms with Crippen molar-refractivity contribution in [2.45, 2.75) is 33.4 Å². The van der Waals surface area contributed by atoms with Crippen LogP contribution < -0.4 is 24.8 Å². The van der Waals surface area contributed by atoms with Gasteiger partial charge in [-0.25, -0.2) is 4.99 Å². The Hall–Kier alpha value is -2.20. The minimum atomic E-state index is 0. The van der Waals surface area contributed by atoms with Crippen molar-refractivity contribution in [3.05, 3.63) is 53.1 Å². The third-order valence-electron chi connectivity index (χ3n) is 4.82. The van der Waals surface area contributed by atoms with E-state index in [0.29, 0.717) is 39.5 Å². The molecular formula is C24H34IN3O4. The van der Waals surface area contributed by atoms with Crippen LogP contribution in [-0.2, 0) is 17.8 Å². The zero-order valence-corrected chi connectivity index (χ0v) is 21.4. The summed E-state index contributed by atoms with van der Waals surface area (Å²) in [6, 6.07) is 12.2. The van der Waals surface area contributed by atoms with E-state index in [-0.39, 0.29) is 24.0 Å². The standard InChI is InChI=1S/C24H33N3O4.HI/c1-4-25-24(26-16-19-10-9-18(2)15-22(19)30-14-13-28-3)27-17-20-7-5-8-21-23(20)31-12-6-11-29-21;/h5,7-10,15H,4,6,11-14,16-17H2,1-3H3,(H2,25,26,27);1H. The Bertz CT molecular complexity index is 876. The van der Waals surface area contributed by atoms with Crippen molar-refractivity contribution in [1.82, 2.24) is 10.6 Å². The van der Waals surface area contributed by atoms with Crippen LogP contribution in [0.3, 0.4) is 0 Å². The van der Waals surface area contributed by atoms with Crippen molar-refractivity contribution in [3.8, 4) is 17.2 Å². The average Bonchev–Trinajstić information content (AvgIpc) is 3.03. The van der Waals surface area contributed by atoms with Crippen LogP contribution >= 0.6 is 24.0 Å². The monoisotopic (exact) mass is 555 g/mol. The molecule has 176 valence electrons. The van der Waals surface area contributed by atoms with E-state index in [1.807, 2.05) is 31.2 Å². The van der Waals surface area contributed by atoms with Gasteiger partial charge in [0.05, 0.1) is 26.4 Å². The number of aliphatic imine (C=N–C) groups is 1. The Morgan fingerprint density at radius 2 is 1.91 bits per heavy atom. The number of guanidine groups is 1. The van der Waals surface area contributed by atoms with Gasteiger partial charge < -0.3 is 29.6 Å². The third-order valence-corrected chi connectivity index (χ3v) is 4.82. The molecule has 2 aromatic rings. The van der Waals surface area contributed by atoms with Crippen molar-refractivity contribution in [1.29, 1.82) is 0 Å². The Balaban J connectivity index is 0.00000363. The summed E-state index contributed by atoms with van der Waals surface area (Å²) < 4.78 is 22.7. The fourth-order valence-corrected chi connectivity index (χ4v) is 3.24. The molecule has 3 rings (SSSR count). The molecule has 0 fully saturated rings.